The number of Topliss-reactive ketones (excluding diaryl/α,β-unsaturated/α-hetero) is 1. The van der Waals surface area contributed by atoms with Crippen LogP contribution in [0.3, 0.4) is 0 Å². The first kappa shape index (κ1) is 20.5. The highest BCUT2D eigenvalue weighted by molar-refractivity contribution is 6.33. The lowest BCUT2D eigenvalue weighted by Crippen LogP contribution is -2.29. The topological polar surface area (TPSA) is 55.8 Å². The summed E-state index contributed by atoms with van der Waals surface area (Å²) in [6.45, 7) is 4.41. The average Bonchev–Trinajstić information content (AvgIpc) is 3.05. The van der Waals surface area contributed by atoms with Crippen LogP contribution in [0.15, 0.2) is 42.0 Å². The van der Waals surface area contributed by atoms with E-state index < -0.39 is 11.8 Å². The number of allylic oxidation sites excluding steroid dienone is 2. The van der Waals surface area contributed by atoms with E-state index in [2.05, 4.69) is 4.74 Å². The molecule has 0 saturated carbocycles. The molecule has 0 amide bonds. The minimum Gasteiger partial charge on any atom is -0.493 e. The monoisotopic (exact) mass is 418 g/mol. The Kier molecular flexibility index (Phi) is 4.89. The van der Waals surface area contributed by atoms with Gasteiger partial charge < -0.3 is 14.6 Å². The molecule has 0 atom stereocenters. The third kappa shape index (κ3) is 3.47. The van der Waals surface area contributed by atoms with Crippen molar-refractivity contribution in [3.8, 4) is 11.5 Å². The van der Waals surface area contributed by atoms with Gasteiger partial charge in [0, 0.05) is 29.6 Å². The molecule has 0 bridgehead atoms. The highest BCUT2D eigenvalue weighted by atomic mass is 19.4. The lowest BCUT2D eigenvalue weighted by Gasteiger charge is -2.34. The molecule has 2 aliphatic rings. The van der Waals surface area contributed by atoms with Crippen LogP contribution in [0.25, 0.3) is 5.57 Å². The summed E-state index contributed by atoms with van der Waals surface area (Å²) >= 11 is 0. The molecule has 30 heavy (non-hydrogen) atoms. The Bertz CT molecular complexity index is 1050. The van der Waals surface area contributed by atoms with E-state index in [-0.39, 0.29) is 18.1 Å². The summed E-state index contributed by atoms with van der Waals surface area (Å²) in [4.78, 5) is 13.3. The third-order valence-corrected chi connectivity index (χ3v) is 5.71. The first-order chi connectivity index (χ1) is 14.1. The molecule has 2 aromatic rings. The summed E-state index contributed by atoms with van der Waals surface area (Å²) in [5.41, 5.74) is 3.64. The summed E-state index contributed by atoms with van der Waals surface area (Å²) in [6.07, 6.45) is -3.88. The molecule has 0 radical (unpaired) electrons. The third-order valence-electron chi connectivity index (χ3n) is 5.71. The number of aliphatic hydroxyl groups excluding tert-OH is 1. The standard InChI is InChI=1S/C23H21F3O4/c1-22(2)18-12-14(29-9-3-8-27)4-7-17(18)21(28)20-16-6-5-15(30-23(24,25)26)10-13(16)11-19(20)22/h4-7,10,12,27H,3,8-9,11H2,1-2H3. The number of aliphatic hydroxyl groups is 1. The quantitative estimate of drug-likeness (QED) is 0.707. The molecule has 0 heterocycles. The molecule has 0 aromatic heterocycles. The summed E-state index contributed by atoms with van der Waals surface area (Å²) in [5.74, 6) is 0.191. The SMILES string of the molecule is CC1(C)C2=C(C(=O)c3ccc(OCCCO)cc31)c1ccc(OC(F)(F)F)cc1C2. The predicted molar refractivity (Wildman–Crippen MR) is 105 cm³/mol. The van der Waals surface area contributed by atoms with Gasteiger partial charge >= 0.3 is 6.36 Å². The summed E-state index contributed by atoms with van der Waals surface area (Å²) in [5, 5.41) is 8.92. The maximum Gasteiger partial charge on any atom is 0.573 e. The normalized spacial score (nSPS) is 16.8. The smallest absolute Gasteiger partial charge is 0.493 e. The van der Waals surface area contributed by atoms with Gasteiger partial charge in [0.15, 0.2) is 5.78 Å². The predicted octanol–water partition coefficient (Wildman–Crippen LogP) is 4.83. The number of ether oxygens (including phenoxy) is 2. The second-order valence-electron chi connectivity index (χ2n) is 7.98. The van der Waals surface area contributed by atoms with E-state index in [1.807, 2.05) is 19.9 Å². The fourth-order valence-corrected chi connectivity index (χ4v) is 4.27. The Morgan fingerprint density at radius 2 is 1.77 bits per heavy atom. The lowest BCUT2D eigenvalue weighted by molar-refractivity contribution is -0.274. The van der Waals surface area contributed by atoms with Crippen molar-refractivity contribution < 1.29 is 32.5 Å². The maximum atomic E-state index is 13.3. The van der Waals surface area contributed by atoms with Crippen LogP contribution in [0, 0.1) is 0 Å². The highest BCUT2D eigenvalue weighted by Crippen LogP contribution is 2.50. The minimum absolute atomic E-state index is 0.0312. The lowest BCUT2D eigenvalue weighted by atomic mass is 9.68. The van der Waals surface area contributed by atoms with Gasteiger partial charge in [-0.15, -0.1) is 13.2 Å². The van der Waals surface area contributed by atoms with Gasteiger partial charge in [-0.1, -0.05) is 19.9 Å². The molecule has 2 aromatic carbocycles. The summed E-state index contributed by atoms with van der Waals surface area (Å²) < 4.78 is 47.5. The zero-order chi connectivity index (χ0) is 21.7. The van der Waals surface area contributed by atoms with Crippen molar-refractivity contribution in [2.75, 3.05) is 13.2 Å². The van der Waals surface area contributed by atoms with Gasteiger partial charge in [0.05, 0.1) is 6.61 Å². The number of carbonyl (C=O) groups is 1. The number of fused-ring (bicyclic) bond motifs is 3. The summed E-state index contributed by atoms with van der Waals surface area (Å²) in [6, 6.07) is 9.44. The van der Waals surface area contributed by atoms with Crippen molar-refractivity contribution in [1.29, 1.82) is 0 Å². The van der Waals surface area contributed by atoms with Gasteiger partial charge in [-0.05, 0) is 59.0 Å². The maximum absolute atomic E-state index is 13.3. The van der Waals surface area contributed by atoms with Gasteiger partial charge in [0.1, 0.15) is 11.5 Å². The molecule has 4 nitrogen and oxygen atoms in total. The van der Waals surface area contributed by atoms with Crippen molar-refractivity contribution in [3.05, 3.63) is 64.2 Å². The van der Waals surface area contributed by atoms with Gasteiger partial charge in [-0.25, -0.2) is 0 Å². The Morgan fingerprint density at radius 3 is 2.47 bits per heavy atom. The van der Waals surface area contributed by atoms with E-state index >= 15 is 0 Å². The molecule has 4 rings (SSSR count). The molecule has 0 unspecified atom stereocenters. The molecule has 158 valence electrons. The Balaban J connectivity index is 1.71. The minimum atomic E-state index is -4.77. The highest BCUT2D eigenvalue weighted by Gasteiger charge is 2.43. The molecule has 0 saturated heterocycles. The zero-order valence-electron chi connectivity index (χ0n) is 16.6. The van der Waals surface area contributed by atoms with Gasteiger partial charge in [0.2, 0.25) is 0 Å². The number of carbonyl (C=O) groups excluding carboxylic acids is 1. The van der Waals surface area contributed by atoms with Crippen LogP contribution in [-0.4, -0.2) is 30.5 Å². The number of hydrogen-bond donors (Lipinski definition) is 1. The second-order valence-corrected chi connectivity index (χ2v) is 7.98. The van der Waals surface area contributed by atoms with Crippen LogP contribution in [0.5, 0.6) is 11.5 Å². The second kappa shape index (κ2) is 7.16. The number of rotatable bonds is 5. The summed E-state index contributed by atoms with van der Waals surface area (Å²) in [7, 11) is 0. The molecule has 2 aliphatic carbocycles. The molecule has 0 fully saturated rings. The molecule has 0 spiro atoms. The van der Waals surface area contributed by atoms with Crippen LogP contribution < -0.4 is 9.47 Å². The number of hydrogen-bond acceptors (Lipinski definition) is 4. The average molecular weight is 418 g/mol. The first-order valence-corrected chi connectivity index (χ1v) is 9.67. The molecular weight excluding hydrogens is 397 g/mol. The fraction of sp³-hybridized carbons (Fsp3) is 0.348. The van der Waals surface area contributed by atoms with Crippen LogP contribution in [0.2, 0.25) is 0 Å². The van der Waals surface area contributed by atoms with Crippen LogP contribution >= 0.6 is 0 Å². The van der Waals surface area contributed by atoms with E-state index in [4.69, 9.17) is 9.84 Å². The number of ketones is 1. The van der Waals surface area contributed by atoms with E-state index in [0.717, 1.165) is 11.1 Å². The van der Waals surface area contributed by atoms with Crippen LogP contribution in [0.4, 0.5) is 13.2 Å². The van der Waals surface area contributed by atoms with Crippen molar-refractivity contribution >= 4 is 11.4 Å². The van der Waals surface area contributed by atoms with E-state index in [1.54, 1.807) is 12.1 Å². The molecular formula is C23H21F3O4. The molecule has 1 N–H and O–H groups in total. The van der Waals surface area contributed by atoms with Crippen molar-refractivity contribution in [2.45, 2.75) is 38.5 Å². The first-order valence-electron chi connectivity index (χ1n) is 9.67. The Hall–Kier alpha value is -2.80. The number of alkyl halides is 3. The zero-order valence-corrected chi connectivity index (χ0v) is 16.6. The Morgan fingerprint density at radius 1 is 1.07 bits per heavy atom. The number of benzene rings is 2. The van der Waals surface area contributed by atoms with Gasteiger partial charge in [-0.2, -0.15) is 0 Å². The van der Waals surface area contributed by atoms with Crippen molar-refractivity contribution in [1.82, 2.24) is 0 Å². The van der Waals surface area contributed by atoms with Gasteiger partial charge in [-0.3, -0.25) is 4.79 Å². The van der Waals surface area contributed by atoms with E-state index in [9.17, 15) is 18.0 Å². The Labute approximate surface area is 171 Å². The van der Waals surface area contributed by atoms with Crippen LogP contribution in [0.1, 0.15) is 47.3 Å². The number of halogens is 3. The van der Waals surface area contributed by atoms with E-state index in [1.165, 1.54) is 18.2 Å². The molecule has 0 aliphatic heterocycles. The molecule has 7 heteroatoms. The van der Waals surface area contributed by atoms with Crippen molar-refractivity contribution in [2.24, 2.45) is 0 Å². The fourth-order valence-electron chi connectivity index (χ4n) is 4.27. The van der Waals surface area contributed by atoms with E-state index in [0.29, 0.717) is 47.5 Å². The largest absolute Gasteiger partial charge is 0.573 e. The van der Waals surface area contributed by atoms with Gasteiger partial charge in [0.25, 0.3) is 0 Å². The van der Waals surface area contributed by atoms with Crippen molar-refractivity contribution in [3.63, 3.8) is 0 Å². The van der Waals surface area contributed by atoms with Crippen LogP contribution in [-0.2, 0) is 11.8 Å².